The Hall–Kier alpha value is -2.14. The van der Waals surface area contributed by atoms with Gasteiger partial charge < -0.3 is 9.32 Å². The number of likely N-dealkylation sites (tertiary alicyclic amines) is 2. The van der Waals surface area contributed by atoms with Crippen molar-refractivity contribution in [2.75, 3.05) is 26.2 Å². The standard InChI is InChI=1S/C17H19N3O2/c21-17(13-4-6-22-12-13)20-9-14-7-19(8-15(14)10-20)11-16-3-1-2-5-18-16/h1-6,12,14-15H,7-11H2/t14-,15+. The molecule has 2 fully saturated rings. The highest BCUT2D eigenvalue weighted by atomic mass is 16.3. The van der Waals surface area contributed by atoms with Crippen LogP contribution in [0, 0.1) is 11.8 Å². The zero-order valence-electron chi connectivity index (χ0n) is 12.4. The summed E-state index contributed by atoms with van der Waals surface area (Å²) in [5.41, 5.74) is 1.78. The highest BCUT2D eigenvalue weighted by molar-refractivity contribution is 5.94. The number of furan rings is 1. The van der Waals surface area contributed by atoms with Crippen LogP contribution in [-0.4, -0.2) is 46.9 Å². The maximum atomic E-state index is 12.4. The van der Waals surface area contributed by atoms with E-state index in [9.17, 15) is 4.79 Å². The highest BCUT2D eigenvalue weighted by Crippen LogP contribution is 2.32. The number of hydrogen-bond donors (Lipinski definition) is 0. The second-order valence-corrected chi connectivity index (χ2v) is 6.26. The van der Waals surface area contributed by atoms with Gasteiger partial charge in [0.15, 0.2) is 0 Å². The molecule has 4 rings (SSSR count). The summed E-state index contributed by atoms with van der Waals surface area (Å²) in [5.74, 6) is 1.26. The van der Waals surface area contributed by atoms with Crippen molar-refractivity contribution in [2.24, 2.45) is 11.8 Å². The van der Waals surface area contributed by atoms with Gasteiger partial charge in [-0.15, -0.1) is 0 Å². The van der Waals surface area contributed by atoms with Crippen LogP contribution < -0.4 is 0 Å². The topological polar surface area (TPSA) is 49.6 Å². The van der Waals surface area contributed by atoms with Crippen LogP contribution in [-0.2, 0) is 6.54 Å². The molecule has 1 amide bonds. The smallest absolute Gasteiger partial charge is 0.257 e. The first kappa shape index (κ1) is 13.5. The summed E-state index contributed by atoms with van der Waals surface area (Å²) in [7, 11) is 0. The minimum atomic E-state index is 0.0967. The van der Waals surface area contributed by atoms with Crippen molar-refractivity contribution in [3.8, 4) is 0 Å². The van der Waals surface area contributed by atoms with E-state index in [1.54, 1.807) is 12.3 Å². The molecule has 0 aliphatic carbocycles. The molecule has 0 aromatic carbocycles. The molecule has 2 aliphatic heterocycles. The molecule has 2 aromatic heterocycles. The normalized spacial score (nSPS) is 24.6. The van der Waals surface area contributed by atoms with E-state index >= 15 is 0 Å². The lowest BCUT2D eigenvalue weighted by Gasteiger charge is -2.21. The van der Waals surface area contributed by atoms with Crippen molar-refractivity contribution in [2.45, 2.75) is 6.54 Å². The molecule has 4 heterocycles. The molecular formula is C17H19N3O2. The van der Waals surface area contributed by atoms with Crippen molar-refractivity contribution in [3.05, 3.63) is 54.2 Å². The summed E-state index contributed by atoms with van der Waals surface area (Å²) >= 11 is 0. The van der Waals surface area contributed by atoms with Crippen molar-refractivity contribution >= 4 is 5.91 Å². The maximum Gasteiger partial charge on any atom is 0.257 e. The highest BCUT2D eigenvalue weighted by Gasteiger charge is 2.41. The summed E-state index contributed by atoms with van der Waals surface area (Å²) in [6.07, 6.45) is 4.93. The van der Waals surface area contributed by atoms with Crippen LogP contribution in [0.1, 0.15) is 16.1 Å². The molecule has 0 spiro atoms. The number of hydrogen-bond acceptors (Lipinski definition) is 4. The number of aromatic nitrogens is 1. The lowest BCUT2D eigenvalue weighted by molar-refractivity contribution is 0.0772. The summed E-state index contributed by atoms with van der Waals surface area (Å²) < 4.78 is 5.01. The lowest BCUT2D eigenvalue weighted by Crippen LogP contribution is -2.33. The predicted octanol–water partition coefficient (Wildman–Crippen LogP) is 1.88. The molecule has 0 radical (unpaired) electrons. The third-order valence-electron chi connectivity index (χ3n) is 4.73. The second kappa shape index (κ2) is 5.57. The number of rotatable bonds is 3. The Bertz CT molecular complexity index is 627. The average Bonchev–Trinajstić information content (AvgIpc) is 3.23. The van der Waals surface area contributed by atoms with Gasteiger partial charge in [0.1, 0.15) is 6.26 Å². The van der Waals surface area contributed by atoms with Gasteiger partial charge in [0.05, 0.1) is 17.5 Å². The van der Waals surface area contributed by atoms with Crippen molar-refractivity contribution < 1.29 is 9.21 Å². The van der Waals surface area contributed by atoms with Gasteiger partial charge in [-0.1, -0.05) is 6.07 Å². The number of carbonyl (C=O) groups is 1. The van der Waals surface area contributed by atoms with Crippen LogP contribution in [0.5, 0.6) is 0 Å². The Balaban J connectivity index is 1.36. The second-order valence-electron chi connectivity index (χ2n) is 6.26. The first-order valence-corrected chi connectivity index (χ1v) is 7.73. The van der Waals surface area contributed by atoms with E-state index in [4.69, 9.17) is 4.42 Å². The van der Waals surface area contributed by atoms with Gasteiger partial charge in [-0.2, -0.15) is 0 Å². The summed E-state index contributed by atoms with van der Waals surface area (Å²) in [6.45, 7) is 4.72. The fourth-order valence-corrected chi connectivity index (χ4v) is 3.67. The zero-order valence-corrected chi connectivity index (χ0v) is 12.4. The van der Waals surface area contributed by atoms with Crippen molar-refractivity contribution in [3.63, 3.8) is 0 Å². The van der Waals surface area contributed by atoms with Crippen molar-refractivity contribution in [1.29, 1.82) is 0 Å². The Morgan fingerprint density at radius 3 is 2.64 bits per heavy atom. The summed E-state index contributed by atoms with van der Waals surface area (Å²) in [6, 6.07) is 7.79. The van der Waals surface area contributed by atoms with E-state index in [0.717, 1.165) is 38.4 Å². The Morgan fingerprint density at radius 2 is 2.00 bits per heavy atom. The number of amides is 1. The van der Waals surface area contributed by atoms with Crippen LogP contribution in [0.25, 0.3) is 0 Å². The molecular weight excluding hydrogens is 278 g/mol. The zero-order chi connectivity index (χ0) is 14.9. The van der Waals surface area contributed by atoms with Crippen LogP contribution in [0.3, 0.4) is 0 Å². The summed E-state index contributed by atoms with van der Waals surface area (Å²) in [4.78, 5) is 21.2. The number of fused-ring (bicyclic) bond motifs is 1. The Kier molecular flexibility index (Phi) is 3.42. The molecule has 0 N–H and O–H groups in total. The van der Waals surface area contributed by atoms with Gasteiger partial charge in [-0.3, -0.25) is 14.7 Å². The monoisotopic (exact) mass is 297 g/mol. The van der Waals surface area contributed by atoms with E-state index in [1.165, 1.54) is 6.26 Å². The first-order valence-electron chi connectivity index (χ1n) is 7.73. The van der Waals surface area contributed by atoms with Crippen LogP contribution in [0.4, 0.5) is 0 Å². The SMILES string of the molecule is O=C(c1ccoc1)N1C[C@H]2CN(Cc3ccccn3)C[C@H]2C1. The van der Waals surface area contributed by atoms with E-state index in [0.29, 0.717) is 17.4 Å². The van der Waals surface area contributed by atoms with E-state index in [-0.39, 0.29) is 5.91 Å². The maximum absolute atomic E-state index is 12.4. The lowest BCUT2D eigenvalue weighted by atomic mass is 10.0. The fourth-order valence-electron chi connectivity index (χ4n) is 3.67. The third kappa shape index (κ3) is 2.52. The Labute approximate surface area is 129 Å². The van der Waals surface area contributed by atoms with Gasteiger partial charge in [0, 0.05) is 38.9 Å². The molecule has 5 heteroatoms. The molecule has 2 atom stereocenters. The number of pyridine rings is 1. The Morgan fingerprint density at radius 1 is 1.18 bits per heavy atom. The third-order valence-corrected chi connectivity index (χ3v) is 4.73. The summed E-state index contributed by atoms with van der Waals surface area (Å²) in [5, 5.41) is 0. The average molecular weight is 297 g/mol. The van der Waals surface area contributed by atoms with Gasteiger partial charge in [0.2, 0.25) is 0 Å². The predicted molar refractivity (Wildman–Crippen MR) is 81.1 cm³/mol. The quantitative estimate of drug-likeness (QED) is 0.868. The molecule has 2 aromatic rings. The molecule has 2 aliphatic rings. The molecule has 114 valence electrons. The van der Waals surface area contributed by atoms with Gasteiger partial charge >= 0.3 is 0 Å². The van der Waals surface area contributed by atoms with Crippen LogP contribution >= 0.6 is 0 Å². The van der Waals surface area contributed by atoms with Crippen molar-refractivity contribution in [1.82, 2.24) is 14.8 Å². The van der Waals surface area contributed by atoms with Crippen LogP contribution in [0.15, 0.2) is 47.4 Å². The molecule has 5 nitrogen and oxygen atoms in total. The van der Waals surface area contributed by atoms with Gasteiger partial charge in [0.25, 0.3) is 5.91 Å². The number of nitrogens with zero attached hydrogens (tertiary/aromatic N) is 3. The largest absolute Gasteiger partial charge is 0.472 e. The molecule has 0 bridgehead atoms. The van der Waals surface area contributed by atoms with Gasteiger partial charge in [-0.25, -0.2) is 0 Å². The van der Waals surface area contributed by atoms with E-state index in [2.05, 4.69) is 16.0 Å². The molecule has 22 heavy (non-hydrogen) atoms. The molecule has 0 saturated carbocycles. The molecule has 2 saturated heterocycles. The number of carbonyl (C=O) groups excluding carboxylic acids is 1. The van der Waals surface area contributed by atoms with E-state index in [1.807, 2.05) is 23.2 Å². The minimum Gasteiger partial charge on any atom is -0.472 e. The molecule has 0 unspecified atom stereocenters. The first-order chi connectivity index (χ1) is 10.8. The van der Waals surface area contributed by atoms with Gasteiger partial charge in [-0.05, 0) is 30.0 Å². The van der Waals surface area contributed by atoms with E-state index < -0.39 is 0 Å². The van der Waals surface area contributed by atoms with Crippen LogP contribution in [0.2, 0.25) is 0 Å². The minimum absolute atomic E-state index is 0.0967. The fraction of sp³-hybridized carbons (Fsp3) is 0.412.